The van der Waals surface area contributed by atoms with E-state index in [0.717, 1.165) is 11.2 Å². The Balaban J connectivity index is 1.17. The lowest BCUT2D eigenvalue weighted by Gasteiger charge is -2.31. The molecule has 0 spiro atoms. The highest BCUT2D eigenvalue weighted by Crippen LogP contribution is 2.53. The normalized spacial score (nSPS) is 42.0. The Labute approximate surface area is 251 Å². The molecule has 7 heterocycles. The molecule has 11 atom stereocenters. The van der Waals surface area contributed by atoms with E-state index >= 15 is 0 Å². The first-order chi connectivity index (χ1) is 21.3. The van der Waals surface area contributed by atoms with Crippen LogP contribution in [0, 0.1) is 12.3 Å². The summed E-state index contributed by atoms with van der Waals surface area (Å²) in [6, 6.07) is -1.18. The molecule has 0 aromatic carbocycles. The van der Waals surface area contributed by atoms with Crippen LogP contribution in [0.3, 0.4) is 0 Å². The molecule has 6 N–H and O–H groups in total. The zero-order valence-electron chi connectivity index (χ0n) is 22.8. The second kappa shape index (κ2) is 11.0. The van der Waals surface area contributed by atoms with Gasteiger partial charge in [-0.05, 0) is 6.92 Å². The molecule has 5 aliphatic rings. The number of rotatable bonds is 2. The lowest BCUT2D eigenvalue weighted by Crippen LogP contribution is -2.53. The Kier molecular flexibility index (Phi) is 7.47. The van der Waals surface area contributed by atoms with Gasteiger partial charge < -0.3 is 29.5 Å². The predicted octanol–water partition coefficient (Wildman–Crippen LogP) is -2.33. The fraction of sp³-hybridized carbons (Fsp3) is 0.571. The number of carbonyl (C=O) groups excluding carboxylic acids is 1. The van der Waals surface area contributed by atoms with Crippen molar-refractivity contribution in [1.29, 1.82) is 5.41 Å². The summed E-state index contributed by atoms with van der Waals surface area (Å²) in [7, 11) is -10.2. The molecular formula is C21H25N9O13P2. The van der Waals surface area contributed by atoms with Crippen molar-refractivity contribution in [2.45, 2.75) is 62.0 Å². The van der Waals surface area contributed by atoms with Crippen molar-refractivity contribution in [2.75, 3.05) is 13.2 Å². The van der Waals surface area contributed by atoms with Crippen LogP contribution >= 0.6 is 15.6 Å². The lowest BCUT2D eigenvalue weighted by molar-refractivity contribution is -0.119. The van der Waals surface area contributed by atoms with Crippen LogP contribution in [0.4, 0.5) is 0 Å². The topological polar surface area (TPSA) is 295 Å². The molecule has 0 radical (unpaired) electrons. The minimum absolute atomic E-state index is 0.100. The van der Waals surface area contributed by atoms with Crippen molar-refractivity contribution in [1.82, 2.24) is 29.7 Å². The highest BCUT2D eigenvalue weighted by atomic mass is 31.2. The molecule has 5 aliphatic heterocycles. The number of aliphatic hydroxyl groups excluding tert-OH is 2. The van der Waals surface area contributed by atoms with E-state index in [1.54, 1.807) is 6.92 Å². The van der Waals surface area contributed by atoms with Gasteiger partial charge in [0.15, 0.2) is 30.0 Å². The number of aryl methyl sites for hydroxylation is 1. The third kappa shape index (κ3) is 5.41. The first kappa shape index (κ1) is 30.5. The molecule has 2 aromatic rings. The molecule has 242 valence electrons. The van der Waals surface area contributed by atoms with Gasteiger partial charge in [-0.2, -0.15) is 4.99 Å². The van der Waals surface area contributed by atoms with Crippen molar-refractivity contribution in [3.05, 3.63) is 18.3 Å². The SMILES string of the molecule is Cc1ncnc2c1ncn2[C@@H]1O[C@@H]2COP(=O)(O)O[C@@H]3[C@H](O)[C@@H](COP(=O)(O)O[C@H]2[C@H]1O)O[C@H]3N1C=NC2C(=O)NC(=N)N=C21. The summed E-state index contributed by atoms with van der Waals surface area (Å²) in [5.41, 5.74) is 1.19. The quantitative estimate of drug-likeness (QED) is 0.182. The van der Waals surface area contributed by atoms with Crippen molar-refractivity contribution in [2.24, 2.45) is 9.98 Å². The van der Waals surface area contributed by atoms with E-state index in [1.807, 2.05) is 0 Å². The third-order valence-corrected chi connectivity index (χ3v) is 9.56. The average Bonchev–Trinajstić information content (AvgIpc) is 3.72. The zero-order valence-corrected chi connectivity index (χ0v) is 24.6. The van der Waals surface area contributed by atoms with Crippen molar-refractivity contribution >= 4 is 50.9 Å². The molecule has 2 bridgehead atoms. The summed E-state index contributed by atoms with van der Waals surface area (Å²) in [4.78, 5) is 55.1. The van der Waals surface area contributed by atoms with Crippen LogP contribution in [0.1, 0.15) is 11.9 Å². The van der Waals surface area contributed by atoms with Crippen LogP contribution in [0.15, 0.2) is 22.6 Å². The number of aliphatic imine (C=N–C) groups is 2. The fourth-order valence-electron chi connectivity index (χ4n) is 5.50. The highest BCUT2D eigenvalue weighted by molar-refractivity contribution is 7.47. The first-order valence-corrected chi connectivity index (χ1v) is 16.2. The number of hydrogen-bond donors (Lipinski definition) is 6. The highest BCUT2D eigenvalue weighted by Gasteiger charge is 2.56. The van der Waals surface area contributed by atoms with Crippen molar-refractivity contribution in [3.8, 4) is 0 Å². The fourth-order valence-corrected chi connectivity index (χ4v) is 7.40. The molecule has 7 rings (SSSR count). The molecule has 22 nitrogen and oxygen atoms in total. The standard InChI is InChI=1S/C21H25N9O13P2/c1-7-10-16(24-4-23-7)29(5-25-10)19-13(32)14-9(41-19)3-39-45(36,37)43-15-12(31)8(2-38-44(34,35)42-14)40-20(15)30-6-26-11-17(30)27-21(22)28-18(11)33/h4-6,8-9,11-15,19-20,31-32H,2-3H2,1H3,(H,34,35)(H,36,37)(H2,22,28,33)/t8-,9-,11?,12-,13-,14-,15-,19-,20-/m1/s1. The molecule has 0 aliphatic carbocycles. The van der Waals surface area contributed by atoms with Crippen LogP contribution in [0.2, 0.25) is 0 Å². The van der Waals surface area contributed by atoms with Crippen LogP contribution < -0.4 is 5.32 Å². The maximum absolute atomic E-state index is 13.2. The molecule has 3 unspecified atom stereocenters. The number of fused-ring (bicyclic) bond motifs is 5. The van der Waals surface area contributed by atoms with Gasteiger partial charge in [0, 0.05) is 0 Å². The molecule has 1 amide bonds. The molecular weight excluding hydrogens is 648 g/mol. The summed E-state index contributed by atoms with van der Waals surface area (Å²) in [6.45, 7) is 0.0661. The monoisotopic (exact) mass is 673 g/mol. The summed E-state index contributed by atoms with van der Waals surface area (Å²) in [6.07, 6.45) is -8.83. The van der Waals surface area contributed by atoms with Gasteiger partial charge in [-0.15, -0.1) is 0 Å². The molecule has 24 heteroatoms. The van der Waals surface area contributed by atoms with Gasteiger partial charge in [0.05, 0.1) is 31.6 Å². The number of phosphoric ester groups is 2. The Bertz CT molecular complexity index is 1720. The zero-order chi connectivity index (χ0) is 31.8. The van der Waals surface area contributed by atoms with Crippen LogP contribution in [0.25, 0.3) is 11.2 Å². The molecule has 2 aromatic heterocycles. The van der Waals surface area contributed by atoms with E-state index < -0.39 is 95.8 Å². The number of carbonyl (C=O) groups is 1. The number of phosphoric acid groups is 2. The van der Waals surface area contributed by atoms with Gasteiger partial charge in [-0.25, -0.2) is 24.1 Å². The maximum atomic E-state index is 13.2. The van der Waals surface area contributed by atoms with Gasteiger partial charge in [0.25, 0.3) is 5.91 Å². The summed E-state index contributed by atoms with van der Waals surface area (Å²) in [5, 5.41) is 32.1. The number of nitrogens with one attached hydrogen (secondary N) is 2. The maximum Gasteiger partial charge on any atom is 0.472 e. The lowest BCUT2D eigenvalue weighted by atomic mass is 10.1. The number of aromatic nitrogens is 4. The number of imidazole rings is 1. The summed E-state index contributed by atoms with van der Waals surface area (Å²) in [5.74, 6) is -1.28. The van der Waals surface area contributed by atoms with Gasteiger partial charge >= 0.3 is 15.6 Å². The number of amidine groups is 1. The van der Waals surface area contributed by atoms with Crippen molar-refractivity contribution in [3.63, 3.8) is 0 Å². The van der Waals surface area contributed by atoms with Gasteiger partial charge in [-0.3, -0.25) is 48.1 Å². The summed E-state index contributed by atoms with van der Waals surface area (Å²) < 4.78 is 60.1. The summed E-state index contributed by atoms with van der Waals surface area (Å²) >= 11 is 0. The van der Waals surface area contributed by atoms with Gasteiger partial charge in [0.2, 0.25) is 5.96 Å². The second-order valence-electron chi connectivity index (χ2n) is 10.4. The van der Waals surface area contributed by atoms with E-state index in [4.69, 9.17) is 33.0 Å². The second-order valence-corrected chi connectivity index (χ2v) is 13.3. The molecule has 3 fully saturated rings. The van der Waals surface area contributed by atoms with Crippen LogP contribution in [-0.2, 0) is 41.5 Å². The largest absolute Gasteiger partial charge is 0.472 e. The minimum Gasteiger partial charge on any atom is -0.387 e. The van der Waals surface area contributed by atoms with Crippen molar-refractivity contribution < 1.29 is 61.5 Å². The van der Waals surface area contributed by atoms with Gasteiger partial charge in [-0.1, -0.05) is 0 Å². The minimum atomic E-state index is -5.10. The average molecular weight is 673 g/mol. The number of aliphatic hydroxyl groups is 2. The van der Waals surface area contributed by atoms with E-state index in [0.29, 0.717) is 11.2 Å². The Morgan fingerprint density at radius 1 is 0.978 bits per heavy atom. The number of amides is 1. The van der Waals surface area contributed by atoms with E-state index in [9.17, 15) is 33.9 Å². The molecule has 0 saturated carbocycles. The van der Waals surface area contributed by atoms with Crippen LogP contribution in [0.5, 0.6) is 0 Å². The van der Waals surface area contributed by atoms with Gasteiger partial charge in [0.1, 0.15) is 48.5 Å². The molecule has 3 saturated heterocycles. The van der Waals surface area contributed by atoms with E-state index in [2.05, 4.69) is 30.3 Å². The Hall–Kier alpha value is -3.11. The number of ether oxygens (including phenoxy) is 2. The third-order valence-electron chi connectivity index (χ3n) is 7.59. The Morgan fingerprint density at radius 2 is 1.67 bits per heavy atom. The predicted molar refractivity (Wildman–Crippen MR) is 143 cm³/mol. The number of hydrogen-bond acceptors (Lipinski definition) is 17. The first-order valence-electron chi connectivity index (χ1n) is 13.2. The smallest absolute Gasteiger partial charge is 0.387 e. The number of guanidine groups is 1. The van der Waals surface area contributed by atoms with E-state index in [1.165, 1.54) is 17.2 Å². The van der Waals surface area contributed by atoms with Crippen LogP contribution in [-0.4, -0.2) is 131 Å². The molecule has 45 heavy (non-hydrogen) atoms. The Morgan fingerprint density at radius 3 is 2.42 bits per heavy atom. The number of nitrogens with zero attached hydrogens (tertiary/aromatic N) is 7. The van der Waals surface area contributed by atoms with E-state index in [-0.39, 0.29) is 11.5 Å².